The summed E-state index contributed by atoms with van der Waals surface area (Å²) in [6.07, 6.45) is 1.79. The summed E-state index contributed by atoms with van der Waals surface area (Å²) < 4.78 is 10.6. The average Bonchev–Trinajstić information content (AvgIpc) is 2.36. The normalized spacial score (nSPS) is 12.8. The molecule has 0 radical (unpaired) electrons. The Kier molecular flexibility index (Phi) is 5.60. The van der Waals surface area contributed by atoms with Crippen LogP contribution in [0.1, 0.15) is 56.1 Å². The second-order valence-corrected chi connectivity index (χ2v) is 5.38. The number of ether oxygens (including phenoxy) is 1. The highest BCUT2D eigenvalue weighted by molar-refractivity contribution is 5.30. The van der Waals surface area contributed by atoms with E-state index in [1.54, 1.807) is 13.8 Å². The topological polar surface area (TPSA) is 59.7 Å². The van der Waals surface area contributed by atoms with Crippen molar-refractivity contribution in [3.8, 4) is 5.95 Å². The third-order valence-corrected chi connectivity index (χ3v) is 3.31. The van der Waals surface area contributed by atoms with Gasteiger partial charge in [0.15, 0.2) is 5.43 Å². The van der Waals surface area contributed by atoms with E-state index in [1.807, 2.05) is 0 Å². The van der Waals surface area contributed by atoms with Gasteiger partial charge in [-0.1, -0.05) is 26.7 Å². The third-order valence-electron chi connectivity index (χ3n) is 3.31. The van der Waals surface area contributed by atoms with Gasteiger partial charge >= 0.3 is 0 Å². The van der Waals surface area contributed by atoms with Crippen LogP contribution < -0.4 is 10.2 Å². The molecule has 4 nitrogen and oxygen atoms in total. The van der Waals surface area contributed by atoms with E-state index in [0.29, 0.717) is 29.2 Å². The Hall–Kier alpha value is -1.29. The highest BCUT2D eigenvalue weighted by Crippen LogP contribution is 2.27. The molecular formula is C15H24O4. The molecule has 1 aromatic heterocycles. The summed E-state index contributed by atoms with van der Waals surface area (Å²) in [6.45, 7) is 7.63. The maximum absolute atomic E-state index is 12.0. The average molecular weight is 268 g/mol. The van der Waals surface area contributed by atoms with Crippen molar-refractivity contribution in [3.05, 3.63) is 27.1 Å². The zero-order valence-electron chi connectivity index (χ0n) is 12.4. The van der Waals surface area contributed by atoms with E-state index in [0.717, 1.165) is 12.8 Å². The number of hydrogen-bond acceptors (Lipinski definition) is 4. The highest BCUT2D eigenvalue weighted by Gasteiger charge is 2.20. The van der Waals surface area contributed by atoms with Gasteiger partial charge in [0.05, 0.1) is 12.7 Å². The fraction of sp³-hybridized carbons (Fsp3) is 0.667. The molecule has 0 amide bonds. The van der Waals surface area contributed by atoms with Crippen LogP contribution >= 0.6 is 0 Å². The molecular weight excluding hydrogens is 244 g/mol. The Bertz CT molecular complexity index is 474. The molecule has 0 saturated heterocycles. The van der Waals surface area contributed by atoms with Crippen molar-refractivity contribution >= 4 is 0 Å². The smallest absolute Gasteiger partial charge is 0.291 e. The van der Waals surface area contributed by atoms with E-state index >= 15 is 0 Å². The number of methoxy groups -OCH3 is 1. The van der Waals surface area contributed by atoms with E-state index in [4.69, 9.17) is 9.15 Å². The van der Waals surface area contributed by atoms with Gasteiger partial charge in [0.25, 0.3) is 5.95 Å². The number of aliphatic hydroxyl groups is 1. The zero-order chi connectivity index (χ0) is 14.6. The lowest BCUT2D eigenvalue weighted by Crippen LogP contribution is -2.15. The summed E-state index contributed by atoms with van der Waals surface area (Å²) in [5.74, 6) is 1.12. The zero-order valence-corrected chi connectivity index (χ0v) is 12.4. The van der Waals surface area contributed by atoms with Crippen molar-refractivity contribution in [2.45, 2.75) is 53.1 Å². The summed E-state index contributed by atoms with van der Waals surface area (Å²) in [5, 5.41) is 10.2. The molecule has 0 aromatic carbocycles. The molecule has 1 aromatic rings. The van der Waals surface area contributed by atoms with Crippen LogP contribution in [0.15, 0.2) is 9.21 Å². The molecule has 108 valence electrons. The lowest BCUT2D eigenvalue weighted by atomic mass is 10.0. The molecule has 0 bridgehead atoms. The van der Waals surface area contributed by atoms with Crippen molar-refractivity contribution in [3.63, 3.8) is 0 Å². The van der Waals surface area contributed by atoms with Gasteiger partial charge in [0.2, 0.25) is 0 Å². The molecule has 1 rings (SSSR count). The van der Waals surface area contributed by atoms with Gasteiger partial charge < -0.3 is 14.3 Å². The maximum Gasteiger partial charge on any atom is 0.291 e. The predicted molar refractivity (Wildman–Crippen MR) is 74.7 cm³/mol. The second-order valence-electron chi connectivity index (χ2n) is 5.38. The molecule has 0 fully saturated rings. The molecule has 1 atom stereocenters. The number of hydrogen-bond donors (Lipinski definition) is 1. The number of rotatable bonds is 6. The first-order valence-electron chi connectivity index (χ1n) is 6.74. The van der Waals surface area contributed by atoms with Gasteiger partial charge in [-0.3, -0.25) is 4.79 Å². The van der Waals surface area contributed by atoms with Crippen LogP contribution in [0.3, 0.4) is 0 Å². The lowest BCUT2D eigenvalue weighted by Gasteiger charge is -2.15. The molecule has 0 unspecified atom stereocenters. The first kappa shape index (κ1) is 15.8. The van der Waals surface area contributed by atoms with Gasteiger partial charge in [-0.2, -0.15) is 0 Å². The van der Waals surface area contributed by atoms with Gasteiger partial charge in [-0.25, -0.2) is 0 Å². The van der Waals surface area contributed by atoms with Gasteiger partial charge in [-0.15, -0.1) is 0 Å². The fourth-order valence-electron chi connectivity index (χ4n) is 2.10. The van der Waals surface area contributed by atoms with Crippen LogP contribution in [0.5, 0.6) is 5.95 Å². The van der Waals surface area contributed by atoms with E-state index in [2.05, 4.69) is 13.8 Å². The SMILES string of the molecule is COc1oc([C@@H](O)CCCC(C)C)c(C)c(=O)c1C. The largest absolute Gasteiger partial charge is 0.468 e. The second kappa shape index (κ2) is 6.75. The quantitative estimate of drug-likeness (QED) is 0.861. The molecule has 1 N–H and O–H groups in total. The minimum absolute atomic E-state index is 0.124. The number of aliphatic hydroxyl groups excluding tert-OH is 1. The minimum atomic E-state index is -0.749. The van der Waals surface area contributed by atoms with Crippen LogP contribution in [-0.4, -0.2) is 12.2 Å². The van der Waals surface area contributed by atoms with Gasteiger partial charge in [0, 0.05) is 5.56 Å². The summed E-state index contributed by atoms with van der Waals surface area (Å²) >= 11 is 0. The van der Waals surface area contributed by atoms with Crippen LogP contribution in [0.4, 0.5) is 0 Å². The molecule has 0 aliphatic heterocycles. The van der Waals surface area contributed by atoms with E-state index < -0.39 is 6.10 Å². The Labute approximate surface area is 114 Å². The molecule has 4 heteroatoms. The predicted octanol–water partition coefficient (Wildman–Crippen LogP) is 3.12. The summed E-state index contributed by atoms with van der Waals surface area (Å²) in [4.78, 5) is 12.0. The first-order chi connectivity index (χ1) is 8.88. The van der Waals surface area contributed by atoms with E-state index in [1.165, 1.54) is 7.11 Å². The van der Waals surface area contributed by atoms with Crippen molar-refractivity contribution in [1.82, 2.24) is 0 Å². The summed E-state index contributed by atoms with van der Waals surface area (Å²) in [5.41, 5.74) is 0.787. The third kappa shape index (κ3) is 3.83. The summed E-state index contributed by atoms with van der Waals surface area (Å²) in [7, 11) is 1.45. The molecule has 1 heterocycles. The fourth-order valence-corrected chi connectivity index (χ4v) is 2.10. The Balaban J connectivity index is 2.93. The van der Waals surface area contributed by atoms with E-state index in [9.17, 15) is 9.90 Å². The Morgan fingerprint density at radius 2 is 1.84 bits per heavy atom. The van der Waals surface area contributed by atoms with Crippen LogP contribution in [-0.2, 0) is 0 Å². The van der Waals surface area contributed by atoms with E-state index in [-0.39, 0.29) is 11.4 Å². The maximum atomic E-state index is 12.0. The first-order valence-corrected chi connectivity index (χ1v) is 6.74. The Morgan fingerprint density at radius 3 is 2.37 bits per heavy atom. The van der Waals surface area contributed by atoms with Gasteiger partial charge in [-0.05, 0) is 26.2 Å². The minimum Gasteiger partial charge on any atom is -0.468 e. The molecule has 19 heavy (non-hydrogen) atoms. The molecule has 0 spiro atoms. The standard InChI is InChI=1S/C15H24O4/c1-9(2)7-6-8-12(16)14-10(3)13(17)11(4)15(18-5)19-14/h9,12,16H,6-8H2,1-5H3/t12-/m0/s1. The molecule has 0 aliphatic rings. The Morgan fingerprint density at radius 1 is 1.21 bits per heavy atom. The van der Waals surface area contributed by atoms with Crippen molar-refractivity contribution in [1.29, 1.82) is 0 Å². The van der Waals surface area contributed by atoms with Crippen LogP contribution in [0.2, 0.25) is 0 Å². The summed E-state index contributed by atoms with van der Waals surface area (Å²) in [6, 6.07) is 0. The van der Waals surface area contributed by atoms with Crippen molar-refractivity contribution in [2.24, 2.45) is 5.92 Å². The van der Waals surface area contributed by atoms with Gasteiger partial charge in [0.1, 0.15) is 11.9 Å². The lowest BCUT2D eigenvalue weighted by molar-refractivity contribution is 0.123. The van der Waals surface area contributed by atoms with Crippen LogP contribution in [0, 0.1) is 19.8 Å². The van der Waals surface area contributed by atoms with Crippen molar-refractivity contribution < 1.29 is 14.3 Å². The molecule has 0 aliphatic carbocycles. The van der Waals surface area contributed by atoms with Crippen LogP contribution in [0.25, 0.3) is 0 Å². The highest BCUT2D eigenvalue weighted by atomic mass is 16.6. The molecule has 0 saturated carbocycles. The monoisotopic (exact) mass is 268 g/mol. The van der Waals surface area contributed by atoms with Crippen molar-refractivity contribution in [2.75, 3.05) is 7.11 Å².